The fourth-order valence-corrected chi connectivity index (χ4v) is 2.15. The molecule has 9 heteroatoms. The highest BCUT2D eigenvalue weighted by Gasteiger charge is 2.07. The molecular formula is C15H16N4O4S. The van der Waals surface area contributed by atoms with Crippen molar-refractivity contribution in [1.82, 2.24) is 15.4 Å². The quantitative estimate of drug-likeness (QED) is 0.356. The van der Waals surface area contributed by atoms with Crippen LogP contribution >= 0.6 is 12.2 Å². The summed E-state index contributed by atoms with van der Waals surface area (Å²) < 4.78 is 5.41. The van der Waals surface area contributed by atoms with Gasteiger partial charge < -0.3 is 14.8 Å². The molecule has 2 aromatic rings. The monoisotopic (exact) mass is 348 g/mol. The Hall–Kier alpha value is -2.94. The number of aromatic nitrogens is 2. The molecule has 1 aromatic carbocycles. The number of carbonyl (C=O) groups is 1. The highest BCUT2D eigenvalue weighted by Crippen LogP contribution is 2.28. The van der Waals surface area contributed by atoms with Crippen molar-refractivity contribution in [3.63, 3.8) is 0 Å². The first-order chi connectivity index (χ1) is 11.5. The lowest BCUT2D eigenvalue weighted by molar-refractivity contribution is -0.120. The minimum absolute atomic E-state index is 0.0592. The second kappa shape index (κ2) is 8.06. The van der Waals surface area contributed by atoms with E-state index in [9.17, 15) is 14.7 Å². The lowest BCUT2D eigenvalue weighted by Crippen LogP contribution is -2.21. The van der Waals surface area contributed by atoms with Crippen LogP contribution in [0.3, 0.4) is 0 Å². The molecule has 0 saturated heterocycles. The van der Waals surface area contributed by atoms with Gasteiger partial charge in [-0.05, 0) is 31.3 Å². The normalized spacial score (nSPS) is 10.7. The topological polar surface area (TPSA) is 120 Å². The van der Waals surface area contributed by atoms with Crippen molar-refractivity contribution in [2.45, 2.75) is 13.3 Å². The van der Waals surface area contributed by atoms with Gasteiger partial charge in [0.05, 0.1) is 19.2 Å². The van der Waals surface area contributed by atoms with Gasteiger partial charge in [0.15, 0.2) is 16.3 Å². The first-order valence-corrected chi connectivity index (χ1v) is 7.49. The average Bonchev–Trinajstić information content (AvgIpc) is 2.50. The molecule has 2 rings (SSSR count). The molecule has 0 spiro atoms. The Morgan fingerprint density at radius 2 is 2.25 bits per heavy atom. The summed E-state index contributed by atoms with van der Waals surface area (Å²) >= 11 is 4.83. The fraction of sp³-hybridized carbons (Fsp3) is 0.200. The number of amides is 1. The number of carbonyl (C=O) groups excluding carboxylic acids is 1. The number of nitrogens with zero attached hydrogens (tertiary/aromatic N) is 1. The van der Waals surface area contributed by atoms with Crippen LogP contribution in [0.1, 0.15) is 18.2 Å². The van der Waals surface area contributed by atoms with Crippen LogP contribution in [0.5, 0.6) is 11.5 Å². The lowest BCUT2D eigenvalue weighted by atomic mass is 10.2. The standard InChI is InChI=1S/C15H16N4O4S/c1-2-23-11-5-3-4-9(14(11)22)8-16-19-13(21)7-10-6-12(20)18-15(24)17-10/h3-6,8,22H,2,7H2,1H3,(H,19,21)(H2,17,18,20,24)/b16-8+. The second-order valence-electron chi connectivity index (χ2n) is 4.71. The zero-order valence-electron chi connectivity index (χ0n) is 12.8. The summed E-state index contributed by atoms with van der Waals surface area (Å²) in [7, 11) is 0. The highest BCUT2D eigenvalue weighted by molar-refractivity contribution is 7.71. The SMILES string of the molecule is CCOc1cccc(/C=N/NC(=O)Cc2cc(=O)[nH]c(=S)[nH]2)c1O. The maximum atomic E-state index is 11.8. The molecule has 4 N–H and O–H groups in total. The summed E-state index contributed by atoms with van der Waals surface area (Å²) in [5.41, 5.74) is 2.70. The minimum atomic E-state index is -0.442. The van der Waals surface area contributed by atoms with Crippen LogP contribution < -0.4 is 15.7 Å². The number of aromatic amines is 2. The first-order valence-electron chi connectivity index (χ1n) is 7.08. The molecule has 0 aliphatic rings. The van der Waals surface area contributed by atoms with Gasteiger partial charge in [-0.1, -0.05) is 6.07 Å². The lowest BCUT2D eigenvalue weighted by Gasteiger charge is -2.07. The predicted molar refractivity (Wildman–Crippen MR) is 91.0 cm³/mol. The number of ether oxygens (including phenoxy) is 1. The number of rotatable bonds is 6. The van der Waals surface area contributed by atoms with Crippen molar-refractivity contribution < 1.29 is 14.6 Å². The molecule has 1 amide bonds. The molecule has 0 bridgehead atoms. The van der Waals surface area contributed by atoms with E-state index in [1.165, 1.54) is 12.3 Å². The molecule has 1 heterocycles. The zero-order valence-corrected chi connectivity index (χ0v) is 13.6. The minimum Gasteiger partial charge on any atom is -0.504 e. The highest BCUT2D eigenvalue weighted by atomic mass is 32.1. The van der Waals surface area contributed by atoms with Gasteiger partial charge in [-0.15, -0.1) is 0 Å². The number of benzene rings is 1. The Balaban J connectivity index is 2.01. The summed E-state index contributed by atoms with van der Waals surface area (Å²) in [4.78, 5) is 28.2. The van der Waals surface area contributed by atoms with E-state index in [1.54, 1.807) is 25.1 Å². The third kappa shape index (κ3) is 4.78. The Morgan fingerprint density at radius 3 is 2.96 bits per heavy atom. The van der Waals surface area contributed by atoms with E-state index in [1.807, 2.05) is 0 Å². The van der Waals surface area contributed by atoms with E-state index >= 15 is 0 Å². The van der Waals surface area contributed by atoms with Gasteiger partial charge >= 0.3 is 0 Å². The number of phenols is 1. The third-order valence-corrected chi connectivity index (χ3v) is 3.09. The van der Waals surface area contributed by atoms with Crippen LogP contribution in [0.25, 0.3) is 0 Å². The van der Waals surface area contributed by atoms with E-state index in [2.05, 4.69) is 20.5 Å². The van der Waals surface area contributed by atoms with Crippen LogP contribution in [0.2, 0.25) is 0 Å². The number of hydrazone groups is 1. The van der Waals surface area contributed by atoms with E-state index < -0.39 is 5.91 Å². The Morgan fingerprint density at radius 1 is 1.46 bits per heavy atom. The van der Waals surface area contributed by atoms with Crippen molar-refractivity contribution in [1.29, 1.82) is 0 Å². The Kier molecular flexibility index (Phi) is 5.85. The average molecular weight is 348 g/mol. The summed E-state index contributed by atoms with van der Waals surface area (Å²) in [6.07, 6.45) is 1.21. The zero-order chi connectivity index (χ0) is 17.5. The largest absolute Gasteiger partial charge is 0.504 e. The van der Waals surface area contributed by atoms with Gasteiger partial charge in [0.1, 0.15) is 0 Å². The maximum Gasteiger partial charge on any atom is 0.251 e. The van der Waals surface area contributed by atoms with Gasteiger partial charge in [-0.3, -0.25) is 14.6 Å². The Labute approximate surface area is 142 Å². The van der Waals surface area contributed by atoms with Crippen molar-refractivity contribution in [2.75, 3.05) is 6.61 Å². The van der Waals surface area contributed by atoms with Crippen LogP contribution in [-0.2, 0) is 11.2 Å². The van der Waals surface area contributed by atoms with Crippen molar-refractivity contribution in [3.05, 3.63) is 50.6 Å². The number of H-pyrrole nitrogens is 2. The number of aromatic hydroxyl groups is 1. The van der Waals surface area contributed by atoms with Crippen LogP contribution in [-0.4, -0.2) is 33.8 Å². The number of para-hydroxylation sites is 1. The first kappa shape index (κ1) is 17.4. The summed E-state index contributed by atoms with van der Waals surface area (Å²) in [6.45, 7) is 2.22. The van der Waals surface area contributed by atoms with Gasteiger partial charge in [-0.2, -0.15) is 5.10 Å². The van der Waals surface area contributed by atoms with Gasteiger partial charge in [0, 0.05) is 17.3 Å². The van der Waals surface area contributed by atoms with Crippen LogP contribution in [0.15, 0.2) is 34.2 Å². The van der Waals surface area contributed by atoms with Crippen LogP contribution in [0.4, 0.5) is 0 Å². The van der Waals surface area contributed by atoms with Gasteiger partial charge in [0.2, 0.25) is 5.91 Å². The number of phenolic OH excluding ortho intramolecular Hbond substituents is 1. The summed E-state index contributed by atoms with van der Waals surface area (Å²) in [5.74, 6) is -0.164. The number of hydrogen-bond acceptors (Lipinski definition) is 6. The van der Waals surface area contributed by atoms with Crippen molar-refractivity contribution >= 4 is 24.3 Å². The molecule has 1 aromatic heterocycles. The molecule has 8 nitrogen and oxygen atoms in total. The molecule has 0 fully saturated rings. The summed E-state index contributed by atoms with van der Waals surface area (Å²) in [6, 6.07) is 6.20. The number of hydrogen-bond donors (Lipinski definition) is 4. The fourth-order valence-electron chi connectivity index (χ4n) is 1.92. The molecule has 0 saturated carbocycles. The molecule has 0 aliphatic carbocycles. The van der Waals surface area contributed by atoms with Gasteiger partial charge in [0.25, 0.3) is 5.56 Å². The number of nitrogens with one attached hydrogen (secondary N) is 3. The van der Waals surface area contributed by atoms with E-state index in [0.29, 0.717) is 23.6 Å². The molecule has 126 valence electrons. The third-order valence-electron chi connectivity index (χ3n) is 2.89. The van der Waals surface area contributed by atoms with E-state index in [4.69, 9.17) is 17.0 Å². The molecule has 24 heavy (non-hydrogen) atoms. The van der Waals surface area contributed by atoms with Crippen molar-refractivity contribution in [2.24, 2.45) is 5.10 Å². The molecule has 0 atom stereocenters. The van der Waals surface area contributed by atoms with Crippen molar-refractivity contribution in [3.8, 4) is 11.5 Å². The molecule has 0 radical (unpaired) electrons. The smallest absolute Gasteiger partial charge is 0.251 e. The predicted octanol–water partition coefficient (Wildman–Crippen LogP) is 1.23. The second-order valence-corrected chi connectivity index (χ2v) is 5.12. The van der Waals surface area contributed by atoms with Gasteiger partial charge in [-0.25, -0.2) is 5.43 Å². The maximum absolute atomic E-state index is 11.8. The molecule has 0 aliphatic heterocycles. The van der Waals surface area contributed by atoms with Crippen LogP contribution in [0, 0.1) is 4.77 Å². The van der Waals surface area contributed by atoms with E-state index in [-0.39, 0.29) is 22.5 Å². The molecular weight excluding hydrogens is 332 g/mol. The summed E-state index contributed by atoms with van der Waals surface area (Å²) in [5, 5.41) is 13.8. The van der Waals surface area contributed by atoms with E-state index in [0.717, 1.165) is 0 Å². The Bertz CT molecular complexity index is 844. The molecule has 0 unspecified atom stereocenters.